The quantitative estimate of drug-likeness (QED) is 0.355. The van der Waals surface area contributed by atoms with Gasteiger partial charge in [-0.05, 0) is 45.2 Å². The van der Waals surface area contributed by atoms with Crippen molar-refractivity contribution in [1.82, 2.24) is 30.3 Å². The first-order valence-electron chi connectivity index (χ1n) is 13.0. The molecule has 0 unspecified atom stereocenters. The number of nitrogens with one attached hydrogen (secondary N) is 2. The average Bonchev–Trinajstić information content (AvgIpc) is 3.69. The second-order valence-electron chi connectivity index (χ2n) is 9.69. The van der Waals surface area contributed by atoms with Crippen LogP contribution in [0.25, 0.3) is 11.4 Å². The molecule has 0 spiro atoms. The highest BCUT2D eigenvalue weighted by Crippen LogP contribution is 2.37. The Labute approximate surface area is 217 Å². The Bertz CT molecular complexity index is 1050. The maximum Gasteiger partial charge on any atom is 0.253 e. The lowest BCUT2D eigenvalue weighted by Gasteiger charge is -2.35. The van der Waals surface area contributed by atoms with E-state index in [0.29, 0.717) is 39.3 Å². The normalized spacial score (nSPS) is 20.4. The van der Waals surface area contributed by atoms with E-state index < -0.39 is 18.6 Å². The molecule has 4 rings (SSSR count). The molecular weight excluding hydrogens is 476 g/mol. The zero-order valence-electron chi connectivity index (χ0n) is 21.9. The highest BCUT2D eigenvalue weighted by atomic mass is 16.5. The van der Waals surface area contributed by atoms with Gasteiger partial charge in [0.2, 0.25) is 5.91 Å². The van der Waals surface area contributed by atoms with Crippen LogP contribution < -0.4 is 10.6 Å². The van der Waals surface area contributed by atoms with Gasteiger partial charge in [0, 0.05) is 44.5 Å². The third kappa shape index (κ3) is 6.53. The molecule has 0 bridgehead atoms. The van der Waals surface area contributed by atoms with Gasteiger partial charge < -0.3 is 30.1 Å². The molecule has 2 aromatic heterocycles. The molecule has 2 aromatic rings. The standard InChI is InChI=1S/C26H38N6O5/c1-17-24(18(2)32(20-8-9-20)26(35)22-13-29-19(15-36-3)16-37-22)30-31(12-6-11-28-23(34)14-33)25(17)21-7-4-5-10-27-21/h4-5,7,10,18-20,22,29,33H,6,8-9,11-16H2,1-3H3,(H,28,34)/t18-,19-,22+/m0/s1. The van der Waals surface area contributed by atoms with E-state index in [-0.39, 0.29) is 24.0 Å². The maximum absolute atomic E-state index is 13.7. The van der Waals surface area contributed by atoms with Crippen LogP contribution in [0.2, 0.25) is 0 Å². The lowest BCUT2D eigenvalue weighted by atomic mass is 10.0. The SMILES string of the molecule is COC[C@H]1CO[C@@H](C(=O)N(C2CC2)[C@@H](C)c2nn(CCCNC(=O)CO)c(-c3ccccn3)c2C)CN1. The lowest BCUT2D eigenvalue weighted by Crippen LogP contribution is -2.55. The number of hydrogen-bond acceptors (Lipinski definition) is 8. The lowest BCUT2D eigenvalue weighted by molar-refractivity contribution is -0.150. The number of pyridine rings is 1. The molecule has 1 saturated carbocycles. The highest BCUT2D eigenvalue weighted by Gasteiger charge is 2.42. The van der Waals surface area contributed by atoms with Crippen LogP contribution in [-0.2, 0) is 25.6 Å². The van der Waals surface area contributed by atoms with Gasteiger partial charge in [0.15, 0.2) is 0 Å². The second kappa shape index (κ2) is 12.6. The summed E-state index contributed by atoms with van der Waals surface area (Å²) in [7, 11) is 1.65. The predicted molar refractivity (Wildman–Crippen MR) is 137 cm³/mol. The molecule has 1 aliphatic carbocycles. The topological polar surface area (TPSA) is 131 Å². The molecule has 3 atom stereocenters. The van der Waals surface area contributed by atoms with E-state index in [1.54, 1.807) is 13.3 Å². The Morgan fingerprint density at radius 3 is 2.81 bits per heavy atom. The third-order valence-corrected chi connectivity index (χ3v) is 6.89. The van der Waals surface area contributed by atoms with Crippen molar-refractivity contribution in [3.63, 3.8) is 0 Å². The van der Waals surface area contributed by atoms with Gasteiger partial charge in [-0.25, -0.2) is 0 Å². The molecule has 1 aliphatic heterocycles. The van der Waals surface area contributed by atoms with E-state index in [1.807, 2.05) is 41.6 Å². The molecule has 0 aromatic carbocycles. The van der Waals surface area contributed by atoms with Gasteiger partial charge in [-0.3, -0.25) is 19.3 Å². The summed E-state index contributed by atoms with van der Waals surface area (Å²) in [5.74, 6) is -0.416. The summed E-state index contributed by atoms with van der Waals surface area (Å²) in [5.41, 5.74) is 3.52. The molecule has 3 N–H and O–H groups in total. The first-order chi connectivity index (χ1) is 17.9. The van der Waals surface area contributed by atoms with Crippen LogP contribution in [0.1, 0.15) is 43.5 Å². The van der Waals surface area contributed by atoms with Crippen LogP contribution in [0, 0.1) is 6.92 Å². The zero-order chi connectivity index (χ0) is 26.4. The monoisotopic (exact) mass is 514 g/mol. The fourth-order valence-corrected chi connectivity index (χ4v) is 4.90. The number of aromatic nitrogens is 3. The van der Waals surface area contributed by atoms with Crippen molar-refractivity contribution in [2.45, 2.75) is 63.9 Å². The Morgan fingerprint density at radius 1 is 1.38 bits per heavy atom. The predicted octanol–water partition coefficient (Wildman–Crippen LogP) is 0.808. The number of carbonyl (C=O) groups is 2. The van der Waals surface area contributed by atoms with Crippen LogP contribution in [0.4, 0.5) is 0 Å². The number of rotatable bonds is 12. The number of methoxy groups -OCH3 is 1. The Kier molecular flexibility index (Phi) is 9.25. The summed E-state index contributed by atoms with van der Waals surface area (Å²) >= 11 is 0. The van der Waals surface area contributed by atoms with Crippen LogP contribution in [0.15, 0.2) is 24.4 Å². The van der Waals surface area contributed by atoms with Gasteiger partial charge >= 0.3 is 0 Å². The number of morpholine rings is 1. The van der Waals surface area contributed by atoms with Crippen LogP contribution in [0.5, 0.6) is 0 Å². The first kappa shape index (κ1) is 27.2. The van der Waals surface area contributed by atoms with Gasteiger partial charge in [0.05, 0.1) is 42.4 Å². The number of amides is 2. The van der Waals surface area contributed by atoms with Gasteiger partial charge in [-0.15, -0.1) is 0 Å². The van der Waals surface area contributed by atoms with Gasteiger partial charge in [-0.1, -0.05) is 6.07 Å². The van der Waals surface area contributed by atoms with Crippen LogP contribution in [-0.4, -0.2) is 94.8 Å². The maximum atomic E-state index is 13.7. The van der Waals surface area contributed by atoms with Crippen molar-refractivity contribution in [1.29, 1.82) is 0 Å². The van der Waals surface area contributed by atoms with Crippen molar-refractivity contribution >= 4 is 11.8 Å². The van der Waals surface area contributed by atoms with Gasteiger partial charge in [-0.2, -0.15) is 5.10 Å². The summed E-state index contributed by atoms with van der Waals surface area (Å²) in [6, 6.07) is 5.79. The molecular formula is C26H38N6O5. The number of aliphatic hydroxyl groups is 1. The fraction of sp³-hybridized carbons (Fsp3) is 0.615. The number of hydrogen-bond donors (Lipinski definition) is 3. The molecule has 2 fully saturated rings. The van der Waals surface area contributed by atoms with E-state index in [1.165, 1.54) is 0 Å². The molecule has 11 heteroatoms. The first-order valence-corrected chi connectivity index (χ1v) is 13.0. The van der Waals surface area contributed by atoms with Crippen molar-refractivity contribution in [2.24, 2.45) is 0 Å². The fourth-order valence-electron chi connectivity index (χ4n) is 4.90. The summed E-state index contributed by atoms with van der Waals surface area (Å²) < 4.78 is 13.1. The van der Waals surface area contributed by atoms with Crippen molar-refractivity contribution in [3.8, 4) is 11.4 Å². The van der Waals surface area contributed by atoms with Crippen LogP contribution in [0.3, 0.4) is 0 Å². The third-order valence-electron chi connectivity index (χ3n) is 6.89. The Balaban J connectivity index is 1.55. The number of nitrogens with zero attached hydrogens (tertiary/aromatic N) is 4. The van der Waals surface area contributed by atoms with E-state index in [2.05, 4.69) is 15.6 Å². The van der Waals surface area contributed by atoms with Crippen LogP contribution >= 0.6 is 0 Å². The molecule has 2 amide bonds. The molecule has 1 saturated heterocycles. The van der Waals surface area contributed by atoms with E-state index in [4.69, 9.17) is 19.7 Å². The summed E-state index contributed by atoms with van der Waals surface area (Å²) in [5, 5.41) is 19.9. The van der Waals surface area contributed by atoms with Crippen molar-refractivity contribution in [2.75, 3.05) is 40.0 Å². The number of ether oxygens (including phenoxy) is 2. The Morgan fingerprint density at radius 2 is 2.19 bits per heavy atom. The largest absolute Gasteiger partial charge is 0.387 e. The van der Waals surface area contributed by atoms with Gasteiger partial charge in [0.1, 0.15) is 12.7 Å². The minimum absolute atomic E-state index is 0.0154. The van der Waals surface area contributed by atoms with Gasteiger partial charge in [0.25, 0.3) is 5.91 Å². The van der Waals surface area contributed by atoms with E-state index in [9.17, 15) is 9.59 Å². The average molecular weight is 515 g/mol. The van der Waals surface area contributed by atoms with Crippen molar-refractivity contribution < 1.29 is 24.2 Å². The molecule has 37 heavy (non-hydrogen) atoms. The van der Waals surface area contributed by atoms with E-state index in [0.717, 1.165) is 35.5 Å². The summed E-state index contributed by atoms with van der Waals surface area (Å²) in [4.78, 5) is 31.6. The highest BCUT2D eigenvalue weighted by molar-refractivity contribution is 5.82. The number of aliphatic hydroxyl groups excluding tert-OH is 1. The zero-order valence-corrected chi connectivity index (χ0v) is 21.9. The van der Waals surface area contributed by atoms with Crippen molar-refractivity contribution in [3.05, 3.63) is 35.7 Å². The summed E-state index contributed by atoms with van der Waals surface area (Å²) in [6.45, 7) is 5.93. The molecule has 0 radical (unpaired) electrons. The number of carbonyl (C=O) groups excluding carboxylic acids is 2. The summed E-state index contributed by atoms with van der Waals surface area (Å²) in [6.07, 6.45) is 3.79. The molecule has 3 heterocycles. The number of aryl methyl sites for hydroxylation is 1. The molecule has 11 nitrogen and oxygen atoms in total. The molecule has 202 valence electrons. The molecule has 2 aliphatic rings. The van der Waals surface area contributed by atoms with E-state index >= 15 is 0 Å². The minimum Gasteiger partial charge on any atom is -0.387 e. The minimum atomic E-state index is -0.538. The Hall–Kier alpha value is -2.86. The smallest absolute Gasteiger partial charge is 0.253 e. The second-order valence-corrected chi connectivity index (χ2v) is 9.69.